The monoisotopic (exact) mass is 300 g/mol. The summed E-state index contributed by atoms with van der Waals surface area (Å²) in [5.74, 6) is 0.840. The topological polar surface area (TPSA) is 0 Å². The number of rotatable bonds is 6. The van der Waals surface area contributed by atoms with Crippen LogP contribution in [0.3, 0.4) is 0 Å². The lowest BCUT2D eigenvalue weighted by Crippen LogP contribution is -2.31. The van der Waals surface area contributed by atoms with Crippen molar-refractivity contribution in [3.63, 3.8) is 0 Å². The summed E-state index contributed by atoms with van der Waals surface area (Å²) in [6.07, 6.45) is 8.15. The third-order valence-corrected chi connectivity index (χ3v) is 3.74. The van der Waals surface area contributed by atoms with E-state index in [1.165, 1.54) is 5.56 Å². The second-order valence-electron chi connectivity index (χ2n) is 5.33. The molecule has 124 valence electrons. The molecule has 0 saturated heterocycles. The summed E-state index contributed by atoms with van der Waals surface area (Å²) in [5.41, 5.74) is 1.44. The van der Waals surface area contributed by atoms with Crippen molar-refractivity contribution in [2.75, 3.05) is 0 Å². The maximum Gasteiger partial charge on any atom is -0.00352 e. The van der Waals surface area contributed by atoms with Crippen LogP contribution in [0.1, 0.15) is 54.0 Å². The molecule has 0 N–H and O–H groups in total. The lowest BCUT2D eigenvalue weighted by atomic mass is 9.68. The molecule has 0 heterocycles. The molecule has 0 aliphatic carbocycles. The summed E-state index contributed by atoms with van der Waals surface area (Å²) >= 11 is 0. The van der Waals surface area contributed by atoms with Crippen LogP contribution in [0.15, 0.2) is 67.8 Å². The molecule has 2 atom stereocenters. The van der Waals surface area contributed by atoms with Crippen LogP contribution < -0.4 is 0 Å². The molecule has 0 amide bonds. The van der Waals surface area contributed by atoms with Crippen LogP contribution in [0.25, 0.3) is 0 Å². The summed E-state index contributed by atoms with van der Waals surface area (Å²) < 4.78 is 0. The molecule has 2 unspecified atom stereocenters. The van der Waals surface area contributed by atoms with Crippen LogP contribution in [0.2, 0.25) is 0 Å². The zero-order valence-corrected chi connectivity index (χ0v) is 15.8. The predicted molar refractivity (Wildman–Crippen MR) is 104 cm³/mol. The first kappa shape index (κ1) is 22.7. The second kappa shape index (κ2) is 13.1. The van der Waals surface area contributed by atoms with Gasteiger partial charge in [0.05, 0.1) is 0 Å². The molecule has 1 aromatic rings. The highest BCUT2D eigenvalue weighted by molar-refractivity contribution is 5.27. The van der Waals surface area contributed by atoms with Gasteiger partial charge in [-0.05, 0) is 22.8 Å². The minimum absolute atomic E-state index is 0.0778. The minimum Gasteiger partial charge on any atom is -0.103 e. The zero-order valence-electron chi connectivity index (χ0n) is 15.8. The molecule has 0 heteroatoms. The fourth-order valence-electron chi connectivity index (χ4n) is 2.48. The standard InChI is InChI=1S/C18H24.2C2H6/c1-6-8-14-17(15(3)7-2)18(4,5)16-12-10-9-11-13-16;2*1-2/h6-15,17H,1-2H2,3-5H3;2*1-2H3/b14-8-;;. The quantitative estimate of drug-likeness (QED) is 0.385. The molecule has 0 aliphatic heterocycles. The first-order valence-corrected chi connectivity index (χ1v) is 8.51. The van der Waals surface area contributed by atoms with Crippen molar-refractivity contribution in [1.82, 2.24) is 0 Å². The third kappa shape index (κ3) is 6.93. The molecular formula is C22H36. The van der Waals surface area contributed by atoms with Crippen LogP contribution in [-0.4, -0.2) is 0 Å². The van der Waals surface area contributed by atoms with E-state index in [9.17, 15) is 0 Å². The Morgan fingerprint density at radius 3 is 1.86 bits per heavy atom. The van der Waals surface area contributed by atoms with E-state index in [4.69, 9.17) is 0 Å². The van der Waals surface area contributed by atoms with Crippen molar-refractivity contribution >= 4 is 0 Å². The maximum atomic E-state index is 3.94. The van der Waals surface area contributed by atoms with E-state index >= 15 is 0 Å². The lowest BCUT2D eigenvalue weighted by molar-refractivity contribution is 0.321. The molecule has 0 saturated carbocycles. The first-order valence-electron chi connectivity index (χ1n) is 8.51. The fraction of sp³-hybridized carbons (Fsp3) is 0.455. The average molecular weight is 301 g/mol. The lowest BCUT2D eigenvalue weighted by Gasteiger charge is -2.36. The van der Waals surface area contributed by atoms with Crippen LogP contribution in [-0.2, 0) is 5.41 Å². The highest BCUT2D eigenvalue weighted by Crippen LogP contribution is 2.37. The molecule has 0 radical (unpaired) electrons. The molecule has 0 aliphatic rings. The Labute approximate surface area is 139 Å². The van der Waals surface area contributed by atoms with Crippen LogP contribution in [0.4, 0.5) is 0 Å². The SMILES string of the molecule is C=C/C=C\C(C(C)C=C)C(C)(C)c1ccccc1.CC.CC. The first-order chi connectivity index (χ1) is 10.5. The molecule has 0 aromatic heterocycles. The zero-order chi connectivity index (χ0) is 17.6. The smallest absolute Gasteiger partial charge is 0.00352 e. The van der Waals surface area contributed by atoms with Crippen LogP contribution in [0.5, 0.6) is 0 Å². The second-order valence-corrected chi connectivity index (χ2v) is 5.33. The molecular weight excluding hydrogens is 264 g/mol. The van der Waals surface area contributed by atoms with E-state index in [-0.39, 0.29) is 5.41 Å². The Hall–Kier alpha value is -1.56. The van der Waals surface area contributed by atoms with Gasteiger partial charge in [-0.1, -0.05) is 110 Å². The summed E-state index contributed by atoms with van der Waals surface area (Å²) in [4.78, 5) is 0. The Balaban J connectivity index is 0. The predicted octanol–water partition coefficient (Wildman–Crippen LogP) is 7.20. The minimum atomic E-state index is 0.0778. The van der Waals surface area contributed by atoms with E-state index < -0.39 is 0 Å². The van der Waals surface area contributed by atoms with Gasteiger partial charge in [-0.15, -0.1) is 6.58 Å². The van der Waals surface area contributed by atoms with Crippen LogP contribution >= 0.6 is 0 Å². The van der Waals surface area contributed by atoms with Gasteiger partial charge >= 0.3 is 0 Å². The molecule has 0 bridgehead atoms. The highest BCUT2D eigenvalue weighted by atomic mass is 14.4. The number of allylic oxidation sites excluding steroid dienone is 4. The van der Waals surface area contributed by atoms with E-state index in [0.717, 1.165) is 0 Å². The Morgan fingerprint density at radius 1 is 0.955 bits per heavy atom. The van der Waals surface area contributed by atoms with Gasteiger partial charge < -0.3 is 0 Å². The highest BCUT2D eigenvalue weighted by Gasteiger charge is 2.31. The summed E-state index contributed by atoms with van der Waals surface area (Å²) in [7, 11) is 0. The van der Waals surface area contributed by atoms with Gasteiger partial charge in [0.15, 0.2) is 0 Å². The van der Waals surface area contributed by atoms with Crippen molar-refractivity contribution in [3.8, 4) is 0 Å². The molecule has 1 rings (SSSR count). The van der Waals surface area contributed by atoms with Crippen molar-refractivity contribution in [3.05, 3.63) is 73.4 Å². The Kier molecular flexibility index (Phi) is 13.6. The average Bonchev–Trinajstić information content (AvgIpc) is 2.59. The number of benzene rings is 1. The van der Waals surface area contributed by atoms with Crippen LogP contribution in [0, 0.1) is 11.8 Å². The summed E-state index contributed by atoms with van der Waals surface area (Å²) in [6, 6.07) is 10.7. The van der Waals surface area contributed by atoms with Gasteiger partial charge in [-0.3, -0.25) is 0 Å². The van der Waals surface area contributed by atoms with Crippen molar-refractivity contribution in [1.29, 1.82) is 0 Å². The molecule has 0 fully saturated rings. The molecule has 1 aromatic carbocycles. The summed E-state index contributed by atoms with van der Waals surface area (Å²) in [6.45, 7) is 22.5. The van der Waals surface area contributed by atoms with E-state index in [1.54, 1.807) is 0 Å². The van der Waals surface area contributed by atoms with Gasteiger partial charge in [0, 0.05) is 0 Å². The van der Waals surface area contributed by atoms with Gasteiger partial charge in [-0.25, -0.2) is 0 Å². The van der Waals surface area contributed by atoms with Crippen molar-refractivity contribution < 1.29 is 0 Å². The number of hydrogen-bond acceptors (Lipinski definition) is 0. The largest absolute Gasteiger partial charge is 0.103 e. The van der Waals surface area contributed by atoms with E-state index in [2.05, 4.69) is 70.3 Å². The van der Waals surface area contributed by atoms with Gasteiger partial charge in [0.1, 0.15) is 0 Å². The van der Waals surface area contributed by atoms with Gasteiger partial charge in [-0.2, -0.15) is 0 Å². The van der Waals surface area contributed by atoms with Gasteiger partial charge in [0.25, 0.3) is 0 Å². The number of hydrogen-bond donors (Lipinski definition) is 0. The van der Waals surface area contributed by atoms with E-state index in [1.807, 2.05) is 45.9 Å². The van der Waals surface area contributed by atoms with Crippen molar-refractivity contribution in [2.24, 2.45) is 11.8 Å². The maximum absolute atomic E-state index is 3.94. The molecule has 0 spiro atoms. The summed E-state index contributed by atoms with van der Waals surface area (Å²) in [5, 5.41) is 0. The van der Waals surface area contributed by atoms with Gasteiger partial charge in [0.2, 0.25) is 0 Å². The molecule has 0 nitrogen and oxygen atoms in total. The van der Waals surface area contributed by atoms with E-state index in [0.29, 0.717) is 11.8 Å². The third-order valence-electron chi connectivity index (χ3n) is 3.74. The molecule has 22 heavy (non-hydrogen) atoms. The Bertz CT molecular complexity index is 409. The van der Waals surface area contributed by atoms with Crippen molar-refractivity contribution in [2.45, 2.75) is 53.9 Å². The normalized spacial score (nSPS) is 13.0. The Morgan fingerprint density at radius 2 is 1.45 bits per heavy atom. The fourth-order valence-corrected chi connectivity index (χ4v) is 2.48.